The van der Waals surface area contributed by atoms with Crippen LogP contribution in [-0.4, -0.2) is 62.0 Å². The molecule has 0 saturated carbocycles. The van der Waals surface area contributed by atoms with E-state index in [0.717, 1.165) is 39.3 Å². The highest BCUT2D eigenvalue weighted by Gasteiger charge is 2.15. The molecular formula is C11H22ClN3O. The Hall–Kier alpha value is -0.580. The Morgan fingerprint density at radius 1 is 1.50 bits per heavy atom. The average molecular weight is 248 g/mol. The summed E-state index contributed by atoms with van der Waals surface area (Å²) in [5.74, 6) is 0.271. The fourth-order valence-corrected chi connectivity index (χ4v) is 1.67. The first-order chi connectivity index (χ1) is 7.24. The van der Waals surface area contributed by atoms with E-state index in [2.05, 4.69) is 16.8 Å². The van der Waals surface area contributed by atoms with Gasteiger partial charge >= 0.3 is 0 Å². The SMILES string of the molecule is C=CCN(C)CCC(=O)N1CCNCC1.Cl. The minimum absolute atomic E-state index is 0. The minimum atomic E-state index is 0. The average Bonchev–Trinajstić information content (AvgIpc) is 2.27. The molecule has 1 N–H and O–H groups in total. The summed E-state index contributed by atoms with van der Waals surface area (Å²) in [4.78, 5) is 15.8. The van der Waals surface area contributed by atoms with Gasteiger partial charge in [-0.3, -0.25) is 4.79 Å². The molecule has 94 valence electrons. The molecule has 1 amide bonds. The number of carbonyl (C=O) groups is 1. The Kier molecular flexibility index (Phi) is 8.25. The highest BCUT2D eigenvalue weighted by atomic mass is 35.5. The zero-order valence-corrected chi connectivity index (χ0v) is 10.8. The molecule has 1 aliphatic heterocycles. The maximum Gasteiger partial charge on any atom is 0.223 e. The fraction of sp³-hybridized carbons (Fsp3) is 0.727. The Balaban J connectivity index is 0.00000225. The van der Waals surface area contributed by atoms with Crippen LogP contribution >= 0.6 is 12.4 Å². The van der Waals surface area contributed by atoms with E-state index in [0.29, 0.717) is 6.42 Å². The predicted molar refractivity (Wildman–Crippen MR) is 69.0 cm³/mol. The topological polar surface area (TPSA) is 35.6 Å². The number of piperazine rings is 1. The third kappa shape index (κ3) is 5.49. The standard InChI is InChI=1S/C11H21N3O.ClH/c1-3-7-13(2)8-4-11(15)14-9-5-12-6-10-14;/h3,12H,1,4-10H2,2H3;1H. The van der Waals surface area contributed by atoms with E-state index in [1.807, 2.05) is 18.0 Å². The molecule has 1 rings (SSSR count). The van der Waals surface area contributed by atoms with E-state index < -0.39 is 0 Å². The smallest absolute Gasteiger partial charge is 0.223 e. The van der Waals surface area contributed by atoms with Crippen LogP contribution < -0.4 is 5.32 Å². The summed E-state index contributed by atoms with van der Waals surface area (Å²) < 4.78 is 0. The molecule has 5 heteroatoms. The number of halogens is 1. The Labute approximate surface area is 104 Å². The van der Waals surface area contributed by atoms with E-state index in [4.69, 9.17) is 0 Å². The molecule has 1 heterocycles. The summed E-state index contributed by atoms with van der Waals surface area (Å²) in [5, 5.41) is 3.24. The van der Waals surface area contributed by atoms with Gasteiger partial charge in [0.25, 0.3) is 0 Å². The molecule has 0 bridgehead atoms. The summed E-state index contributed by atoms with van der Waals surface area (Å²) in [6.07, 6.45) is 2.47. The van der Waals surface area contributed by atoms with Crippen LogP contribution in [0.1, 0.15) is 6.42 Å². The molecule has 16 heavy (non-hydrogen) atoms. The number of hydrogen-bond donors (Lipinski definition) is 1. The van der Waals surface area contributed by atoms with E-state index in [9.17, 15) is 4.79 Å². The van der Waals surface area contributed by atoms with Crippen molar-refractivity contribution in [1.82, 2.24) is 15.1 Å². The number of nitrogens with zero attached hydrogens (tertiary/aromatic N) is 2. The number of hydrogen-bond acceptors (Lipinski definition) is 3. The monoisotopic (exact) mass is 247 g/mol. The summed E-state index contributed by atoms with van der Waals surface area (Å²) in [7, 11) is 2.01. The second kappa shape index (κ2) is 8.56. The van der Waals surface area contributed by atoms with Crippen LogP contribution in [0, 0.1) is 0 Å². The van der Waals surface area contributed by atoms with Gasteiger partial charge in [0.05, 0.1) is 0 Å². The van der Waals surface area contributed by atoms with Gasteiger partial charge < -0.3 is 15.1 Å². The molecular weight excluding hydrogens is 226 g/mol. The molecule has 1 saturated heterocycles. The van der Waals surface area contributed by atoms with Gasteiger partial charge in [-0.1, -0.05) is 6.08 Å². The molecule has 0 atom stereocenters. The van der Waals surface area contributed by atoms with Crippen molar-refractivity contribution in [2.24, 2.45) is 0 Å². The number of likely N-dealkylation sites (N-methyl/N-ethyl adjacent to an activating group) is 1. The number of nitrogens with one attached hydrogen (secondary N) is 1. The summed E-state index contributed by atoms with van der Waals surface area (Å²) >= 11 is 0. The van der Waals surface area contributed by atoms with E-state index in [1.165, 1.54) is 0 Å². The van der Waals surface area contributed by atoms with Gasteiger partial charge in [0, 0.05) is 45.7 Å². The Morgan fingerprint density at radius 2 is 2.12 bits per heavy atom. The highest BCUT2D eigenvalue weighted by molar-refractivity contribution is 5.85. The number of carbonyl (C=O) groups excluding carboxylic acids is 1. The van der Waals surface area contributed by atoms with Gasteiger partial charge in [-0.05, 0) is 7.05 Å². The van der Waals surface area contributed by atoms with Crippen LogP contribution in [-0.2, 0) is 4.79 Å². The van der Waals surface area contributed by atoms with Crippen LogP contribution in [0.4, 0.5) is 0 Å². The van der Waals surface area contributed by atoms with Gasteiger partial charge in [0.2, 0.25) is 5.91 Å². The molecule has 0 aromatic rings. The Bertz CT molecular complexity index is 217. The Morgan fingerprint density at radius 3 is 2.69 bits per heavy atom. The van der Waals surface area contributed by atoms with Crippen molar-refractivity contribution >= 4 is 18.3 Å². The minimum Gasteiger partial charge on any atom is -0.340 e. The summed E-state index contributed by atoms with van der Waals surface area (Å²) in [5.41, 5.74) is 0. The third-order valence-electron chi connectivity index (χ3n) is 2.62. The first-order valence-electron chi connectivity index (χ1n) is 5.52. The van der Waals surface area contributed by atoms with Crippen LogP contribution in [0.2, 0.25) is 0 Å². The lowest BCUT2D eigenvalue weighted by Crippen LogP contribution is -2.47. The fourth-order valence-electron chi connectivity index (χ4n) is 1.67. The van der Waals surface area contributed by atoms with Crippen LogP contribution in [0.3, 0.4) is 0 Å². The summed E-state index contributed by atoms with van der Waals surface area (Å²) in [6.45, 7) is 8.88. The van der Waals surface area contributed by atoms with Gasteiger partial charge in [-0.2, -0.15) is 0 Å². The first kappa shape index (κ1) is 15.4. The zero-order chi connectivity index (χ0) is 11.1. The number of amides is 1. The number of rotatable bonds is 5. The molecule has 0 spiro atoms. The maximum atomic E-state index is 11.8. The van der Waals surface area contributed by atoms with Gasteiger partial charge in [0.15, 0.2) is 0 Å². The van der Waals surface area contributed by atoms with Crippen molar-refractivity contribution in [3.8, 4) is 0 Å². The zero-order valence-electron chi connectivity index (χ0n) is 9.95. The molecule has 0 aromatic carbocycles. The van der Waals surface area contributed by atoms with E-state index in [1.54, 1.807) is 0 Å². The van der Waals surface area contributed by atoms with Gasteiger partial charge in [-0.25, -0.2) is 0 Å². The molecule has 0 aromatic heterocycles. The van der Waals surface area contributed by atoms with Gasteiger partial charge in [-0.15, -0.1) is 19.0 Å². The summed E-state index contributed by atoms with van der Waals surface area (Å²) in [6, 6.07) is 0. The van der Waals surface area contributed by atoms with Crippen molar-refractivity contribution in [1.29, 1.82) is 0 Å². The van der Waals surface area contributed by atoms with Gasteiger partial charge in [0.1, 0.15) is 0 Å². The predicted octanol–water partition coefficient (Wildman–Crippen LogP) is 0.348. The van der Waals surface area contributed by atoms with Crippen molar-refractivity contribution in [3.63, 3.8) is 0 Å². The lowest BCUT2D eigenvalue weighted by atomic mass is 10.3. The molecule has 0 unspecified atom stereocenters. The molecule has 4 nitrogen and oxygen atoms in total. The normalized spacial score (nSPS) is 15.8. The quantitative estimate of drug-likeness (QED) is 0.713. The second-order valence-corrected chi connectivity index (χ2v) is 3.93. The first-order valence-corrected chi connectivity index (χ1v) is 5.52. The third-order valence-corrected chi connectivity index (χ3v) is 2.62. The second-order valence-electron chi connectivity index (χ2n) is 3.93. The lowest BCUT2D eigenvalue weighted by molar-refractivity contribution is -0.132. The highest BCUT2D eigenvalue weighted by Crippen LogP contribution is 1.98. The lowest BCUT2D eigenvalue weighted by Gasteiger charge is -2.28. The molecule has 1 aliphatic rings. The molecule has 0 aliphatic carbocycles. The van der Waals surface area contributed by atoms with Crippen LogP contribution in [0.5, 0.6) is 0 Å². The van der Waals surface area contributed by atoms with Crippen molar-refractivity contribution in [3.05, 3.63) is 12.7 Å². The van der Waals surface area contributed by atoms with E-state index in [-0.39, 0.29) is 18.3 Å². The van der Waals surface area contributed by atoms with Crippen LogP contribution in [0.25, 0.3) is 0 Å². The van der Waals surface area contributed by atoms with Crippen molar-refractivity contribution < 1.29 is 4.79 Å². The van der Waals surface area contributed by atoms with E-state index >= 15 is 0 Å². The largest absolute Gasteiger partial charge is 0.340 e. The van der Waals surface area contributed by atoms with Crippen molar-refractivity contribution in [2.45, 2.75) is 6.42 Å². The molecule has 1 fully saturated rings. The molecule has 0 radical (unpaired) electrons. The maximum absolute atomic E-state index is 11.8. The van der Waals surface area contributed by atoms with Crippen molar-refractivity contribution in [2.75, 3.05) is 46.3 Å². The van der Waals surface area contributed by atoms with Crippen LogP contribution in [0.15, 0.2) is 12.7 Å².